The van der Waals surface area contributed by atoms with Crippen LogP contribution in [0, 0.1) is 0 Å². The second kappa shape index (κ2) is 6.23. The molecule has 0 amide bonds. The predicted molar refractivity (Wildman–Crippen MR) is 116 cm³/mol. The molecule has 0 nitrogen and oxygen atoms in total. The van der Waals surface area contributed by atoms with Crippen molar-refractivity contribution in [2.24, 2.45) is 0 Å². The van der Waals surface area contributed by atoms with E-state index in [4.69, 9.17) is 0 Å². The molecular formula is C27H26. The fourth-order valence-electron chi connectivity index (χ4n) is 5.40. The molecule has 27 heavy (non-hydrogen) atoms. The van der Waals surface area contributed by atoms with Gasteiger partial charge in [-0.3, -0.25) is 0 Å². The van der Waals surface area contributed by atoms with Crippen LogP contribution in [0.1, 0.15) is 49.7 Å². The standard InChI is InChI=1S/C27H26/c1-19-15-16-27(18-20(19)2)25-12-8-4-7-11-23(25)24-14-13-22(17-26(24)27)21-9-5-3-6-10-21/h3-7,9-10,13-14,17H,1-2,8,11-12,15-16,18H2. The smallest absolute Gasteiger partial charge is 0.0217 e. The summed E-state index contributed by atoms with van der Waals surface area (Å²) in [5.74, 6) is 0. The molecule has 0 heterocycles. The number of rotatable bonds is 1. The summed E-state index contributed by atoms with van der Waals surface area (Å²) in [5, 5.41) is 0. The van der Waals surface area contributed by atoms with Crippen LogP contribution in [0.15, 0.2) is 90.6 Å². The average Bonchev–Trinajstić information content (AvgIpc) is 2.86. The first-order valence-electron chi connectivity index (χ1n) is 10.1. The highest BCUT2D eigenvalue weighted by molar-refractivity contribution is 5.84. The number of allylic oxidation sites excluding steroid dienone is 6. The van der Waals surface area contributed by atoms with Crippen LogP contribution >= 0.6 is 0 Å². The Balaban J connectivity index is 1.70. The SMILES string of the molecule is C=C1CCC2(CC1=C)C1=C(CC=CCC1)c1ccc(-c3ccccc3)cc12. The summed E-state index contributed by atoms with van der Waals surface area (Å²) in [4.78, 5) is 0. The summed E-state index contributed by atoms with van der Waals surface area (Å²) >= 11 is 0. The van der Waals surface area contributed by atoms with E-state index in [-0.39, 0.29) is 5.41 Å². The van der Waals surface area contributed by atoms with Crippen LogP contribution in [0.3, 0.4) is 0 Å². The van der Waals surface area contributed by atoms with Gasteiger partial charge in [0.1, 0.15) is 0 Å². The van der Waals surface area contributed by atoms with Crippen LogP contribution in [0.25, 0.3) is 16.7 Å². The van der Waals surface area contributed by atoms with Gasteiger partial charge in [0.25, 0.3) is 0 Å². The maximum Gasteiger partial charge on any atom is 0.0217 e. The van der Waals surface area contributed by atoms with Crippen LogP contribution < -0.4 is 0 Å². The minimum absolute atomic E-state index is 0.139. The lowest BCUT2D eigenvalue weighted by Crippen LogP contribution is -2.31. The molecule has 0 aliphatic heterocycles. The van der Waals surface area contributed by atoms with Crippen molar-refractivity contribution in [2.45, 2.75) is 43.9 Å². The summed E-state index contributed by atoms with van der Waals surface area (Å²) < 4.78 is 0. The molecule has 2 aromatic carbocycles. The highest BCUT2D eigenvalue weighted by Gasteiger charge is 2.46. The maximum atomic E-state index is 4.39. The van der Waals surface area contributed by atoms with Crippen molar-refractivity contribution in [1.29, 1.82) is 0 Å². The normalized spacial score (nSPS) is 24.1. The van der Waals surface area contributed by atoms with Crippen molar-refractivity contribution < 1.29 is 0 Å². The molecule has 3 aliphatic carbocycles. The minimum Gasteiger partial charge on any atom is -0.0956 e. The molecular weight excluding hydrogens is 324 g/mol. The van der Waals surface area contributed by atoms with Crippen molar-refractivity contribution in [3.63, 3.8) is 0 Å². The highest BCUT2D eigenvalue weighted by atomic mass is 14.5. The number of fused-ring (bicyclic) bond motifs is 4. The second-order valence-corrected chi connectivity index (χ2v) is 8.26. The Kier molecular flexibility index (Phi) is 3.82. The number of hydrogen-bond donors (Lipinski definition) is 0. The van der Waals surface area contributed by atoms with Crippen molar-refractivity contribution in [1.82, 2.24) is 0 Å². The van der Waals surface area contributed by atoms with Crippen LogP contribution in [-0.4, -0.2) is 0 Å². The first-order chi connectivity index (χ1) is 13.2. The van der Waals surface area contributed by atoms with Gasteiger partial charge in [0.15, 0.2) is 0 Å². The van der Waals surface area contributed by atoms with Crippen LogP contribution in [-0.2, 0) is 5.41 Å². The molecule has 0 radical (unpaired) electrons. The molecule has 1 spiro atoms. The van der Waals surface area contributed by atoms with Gasteiger partial charge in [-0.15, -0.1) is 0 Å². The Morgan fingerprint density at radius 1 is 0.815 bits per heavy atom. The second-order valence-electron chi connectivity index (χ2n) is 8.26. The zero-order valence-corrected chi connectivity index (χ0v) is 15.9. The lowest BCUT2D eigenvalue weighted by Gasteiger charge is -2.40. The van der Waals surface area contributed by atoms with E-state index >= 15 is 0 Å². The lowest BCUT2D eigenvalue weighted by atomic mass is 9.63. The third kappa shape index (κ3) is 2.51. The van der Waals surface area contributed by atoms with Gasteiger partial charge in [0.05, 0.1) is 0 Å². The van der Waals surface area contributed by atoms with Gasteiger partial charge >= 0.3 is 0 Å². The molecule has 0 heteroatoms. The van der Waals surface area contributed by atoms with E-state index in [1.54, 1.807) is 11.1 Å². The molecule has 1 unspecified atom stereocenters. The third-order valence-electron chi connectivity index (χ3n) is 6.83. The highest BCUT2D eigenvalue weighted by Crippen LogP contribution is 2.58. The zero-order valence-electron chi connectivity index (χ0n) is 15.9. The first-order valence-corrected chi connectivity index (χ1v) is 10.1. The fraction of sp³-hybridized carbons (Fsp3) is 0.259. The fourth-order valence-corrected chi connectivity index (χ4v) is 5.40. The molecule has 1 saturated carbocycles. The van der Waals surface area contributed by atoms with Gasteiger partial charge in [0, 0.05) is 5.41 Å². The molecule has 1 atom stereocenters. The van der Waals surface area contributed by atoms with E-state index in [1.807, 2.05) is 0 Å². The van der Waals surface area contributed by atoms with Gasteiger partial charge < -0.3 is 0 Å². The maximum absolute atomic E-state index is 4.39. The largest absolute Gasteiger partial charge is 0.0956 e. The molecule has 1 fully saturated rings. The molecule has 3 aliphatic rings. The van der Waals surface area contributed by atoms with Gasteiger partial charge in [-0.1, -0.05) is 84.5 Å². The quantitative estimate of drug-likeness (QED) is 0.470. The molecule has 2 aromatic rings. The van der Waals surface area contributed by atoms with Crippen molar-refractivity contribution >= 4 is 5.57 Å². The van der Waals surface area contributed by atoms with Crippen molar-refractivity contribution in [3.8, 4) is 11.1 Å². The predicted octanol–water partition coefficient (Wildman–Crippen LogP) is 7.40. The molecule has 0 aromatic heterocycles. The van der Waals surface area contributed by atoms with Gasteiger partial charge in [-0.25, -0.2) is 0 Å². The minimum atomic E-state index is 0.139. The summed E-state index contributed by atoms with van der Waals surface area (Å²) in [7, 11) is 0. The monoisotopic (exact) mass is 350 g/mol. The summed E-state index contributed by atoms with van der Waals surface area (Å²) in [6.45, 7) is 8.66. The van der Waals surface area contributed by atoms with Crippen LogP contribution in [0.2, 0.25) is 0 Å². The Bertz CT molecular complexity index is 1000. The van der Waals surface area contributed by atoms with E-state index in [0.29, 0.717) is 0 Å². The Hall–Kier alpha value is -2.60. The molecule has 0 saturated heterocycles. The van der Waals surface area contributed by atoms with Crippen molar-refractivity contribution in [3.05, 3.63) is 102 Å². The van der Waals surface area contributed by atoms with Crippen LogP contribution in [0.5, 0.6) is 0 Å². The van der Waals surface area contributed by atoms with E-state index in [9.17, 15) is 0 Å². The molecule has 0 N–H and O–H groups in total. The molecule has 5 rings (SSSR count). The van der Waals surface area contributed by atoms with Gasteiger partial charge in [0.2, 0.25) is 0 Å². The van der Waals surface area contributed by atoms with E-state index < -0.39 is 0 Å². The zero-order chi connectivity index (χ0) is 18.4. The van der Waals surface area contributed by atoms with Gasteiger partial charge in [-0.2, -0.15) is 0 Å². The summed E-state index contributed by atoms with van der Waals surface area (Å²) in [5.41, 5.74) is 11.6. The van der Waals surface area contributed by atoms with Crippen molar-refractivity contribution in [2.75, 3.05) is 0 Å². The Morgan fingerprint density at radius 2 is 1.67 bits per heavy atom. The van der Waals surface area contributed by atoms with E-state index in [2.05, 4.69) is 73.8 Å². The van der Waals surface area contributed by atoms with Crippen LogP contribution in [0.4, 0.5) is 0 Å². The van der Waals surface area contributed by atoms with Gasteiger partial charge in [-0.05, 0) is 72.4 Å². The van der Waals surface area contributed by atoms with E-state index in [0.717, 1.165) is 25.7 Å². The first kappa shape index (κ1) is 16.6. The topological polar surface area (TPSA) is 0 Å². The lowest BCUT2D eigenvalue weighted by molar-refractivity contribution is 0.429. The van der Waals surface area contributed by atoms with E-state index in [1.165, 1.54) is 46.2 Å². The molecule has 134 valence electrons. The average molecular weight is 351 g/mol. The Labute approximate surface area is 162 Å². The summed E-state index contributed by atoms with van der Waals surface area (Å²) in [6, 6.07) is 17.9. The number of hydrogen-bond acceptors (Lipinski definition) is 0. The Morgan fingerprint density at radius 3 is 2.48 bits per heavy atom. The third-order valence-corrected chi connectivity index (χ3v) is 6.83. The number of benzene rings is 2. The summed E-state index contributed by atoms with van der Waals surface area (Å²) in [6.07, 6.45) is 11.4. The molecule has 0 bridgehead atoms.